The van der Waals surface area contributed by atoms with Crippen molar-refractivity contribution in [3.05, 3.63) is 65.9 Å². The number of benzene rings is 2. The summed E-state index contributed by atoms with van der Waals surface area (Å²) in [5.74, 6) is -3.18. The van der Waals surface area contributed by atoms with Gasteiger partial charge in [0.15, 0.2) is 0 Å². The molecule has 1 fully saturated rings. The number of piperidine rings is 1. The van der Waals surface area contributed by atoms with Gasteiger partial charge in [0, 0.05) is 28.8 Å². The van der Waals surface area contributed by atoms with Gasteiger partial charge in [-0.3, -0.25) is 34.2 Å². The summed E-state index contributed by atoms with van der Waals surface area (Å²) in [7, 11) is 0. The van der Waals surface area contributed by atoms with E-state index >= 15 is 0 Å². The Balaban J connectivity index is 1.35. The number of carbonyl (C=O) groups excluding carboxylic acids is 5. The lowest BCUT2D eigenvalue weighted by molar-refractivity contribution is -0.149. The van der Waals surface area contributed by atoms with E-state index < -0.39 is 47.3 Å². The standard InChI is InChI=1S/C24H19F3N4O5S/c25-24(26,27)13-3-1-4-14(9-13)29-20(33)12-37-16-6-2-5-15(10-16)28-17-11-21(34)31(23(17)36)18-7-8-19(32)30-22(18)35/h1-6,9-11,18,28H,7-8,12H2,(H,29,33)(H,30,32,35). The predicted octanol–water partition coefficient (Wildman–Crippen LogP) is 2.91. The third kappa shape index (κ3) is 6.17. The molecule has 2 aromatic carbocycles. The fraction of sp³-hybridized carbons (Fsp3) is 0.208. The number of carbonyl (C=O) groups is 5. The molecule has 13 heteroatoms. The highest BCUT2D eigenvalue weighted by Gasteiger charge is 2.42. The van der Waals surface area contributed by atoms with Crippen LogP contribution in [0.15, 0.2) is 65.2 Å². The van der Waals surface area contributed by atoms with Gasteiger partial charge in [0.25, 0.3) is 11.8 Å². The summed E-state index contributed by atoms with van der Waals surface area (Å²) in [6.07, 6.45) is -3.41. The summed E-state index contributed by atoms with van der Waals surface area (Å²) in [4.78, 5) is 62.3. The molecule has 0 bridgehead atoms. The first-order valence-electron chi connectivity index (χ1n) is 10.9. The zero-order valence-electron chi connectivity index (χ0n) is 18.9. The molecule has 9 nitrogen and oxygen atoms in total. The fourth-order valence-corrected chi connectivity index (χ4v) is 4.49. The highest BCUT2D eigenvalue weighted by atomic mass is 32.2. The average molecular weight is 533 g/mol. The molecule has 0 aliphatic carbocycles. The van der Waals surface area contributed by atoms with Gasteiger partial charge in [0.2, 0.25) is 17.7 Å². The van der Waals surface area contributed by atoms with Gasteiger partial charge in [-0.2, -0.15) is 13.2 Å². The second-order valence-corrected chi connectivity index (χ2v) is 9.16. The summed E-state index contributed by atoms with van der Waals surface area (Å²) < 4.78 is 38.6. The smallest absolute Gasteiger partial charge is 0.351 e. The molecule has 5 amide bonds. The molecule has 1 unspecified atom stereocenters. The van der Waals surface area contributed by atoms with Gasteiger partial charge in [-0.1, -0.05) is 12.1 Å². The second-order valence-electron chi connectivity index (χ2n) is 8.11. The first-order chi connectivity index (χ1) is 17.5. The SMILES string of the molecule is O=C1CCC(N2C(=O)C=C(Nc3cccc(SCC(=O)Nc4cccc(C(F)(F)F)c4)c3)C2=O)C(=O)N1. The summed E-state index contributed by atoms with van der Waals surface area (Å²) in [6.45, 7) is 0. The first-order valence-corrected chi connectivity index (χ1v) is 11.9. The Labute approximate surface area is 212 Å². The number of thioether (sulfide) groups is 1. The number of hydrogen-bond donors (Lipinski definition) is 3. The third-order valence-corrected chi connectivity index (χ3v) is 6.43. The van der Waals surface area contributed by atoms with Crippen molar-refractivity contribution in [1.29, 1.82) is 0 Å². The third-order valence-electron chi connectivity index (χ3n) is 5.43. The van der Waals surface area contributed by atoms with Crippen LogP contribution in [-0.2, 0) is 30.1 Å². The van der Waals surface area contributed by atoms with Crippen LogP contribution < -0.4 is 16.0 Å². The van der Waals surface area contributed by atoms with E-state index in [4.69, 9.17) is 0 Å². The van der Waals surface area contributed by atoms with Crippen LogP contribution in [0.25, 0.3) is 0 Å². The lowest BCUT2D eigenvalue weighted by Crippen LogP contribution is -2.54. The number of nitrogens with zero attached hydrogens (tertiary/aromatic N) is 1. The number of alkyl halides is 3. The van der Waals surface area contributed by atoms with E-state index in [1.54, 1.807) is 24.3 Å². The summed E-state index contributed by atoms with van der Waals surface area (Å²) in [5.41, 5.74) is -0.477. The van der Waals surface area contributed by atoms with Crippen LogP contribution in [0.3, 0.4) is 0 Å². The molecule has 1 saturated heterocycles. The minimum absolute atomic E-state index is 0.0108. The van der Waals surface area contributed by atoms with Gasteiger partial charge in [-0.15, -0.1) is 11.8 Å². The van der Waals surface area contributed by atoms with E-state index in [2.05, 4.69) is 16.0 Å². The quantitative estimate of drug-likeness (QED) is 0.370. The lowest BCUT2D eigenvalue weighted by atomic mass is 10.0. The minimum Gasteiger partial charge on any atom is -0.351 e. The monoisotopic (exact) mass is 532 g/mol. The Bertz CT molecular complexity index is 1330. The maximum atomic E-state index is 12.9. The number of nitrogens with one attached hydrogen (secondary N) is 3. The molecule has 2 aromatic rings. The van der Waals surface area contributed by atoms with Crippen molar-refractivity contribution in [2.45, 2.75) is 30.0 Å². The summed E-state index contributed by atoms with van der Waals surface area (Å²) >= 11 is 1.11. The van der Waals surface area contributed by atoms with Crippen LogP contribution in [0.2, 0.25) is 0 Å². The molecule has 3 N–H and O–H groups in total. The molecule has 2 aliphatic heterocycles. The van der Waals surface area contributed by atoms with E-state index in [0.29, 0.717) is 10.6 Å². The molecule has 4 rings (SSSR count). The van der Waals surface area contributed by atoms with Crippen LogP contribution in [-0.4, -0.2) is 46.2 Å². The molecule has 0 spiro atoms. The number of amides is 5. The Hall–Kier alpha value is -4.13. The zero-order valence-corrected chi connectivity index (χ0v) is 19.7. The van der Waals surface area contributed by atoms with Crippen LogP contribution in [0.5, 0.6) is 0 Å². The van der Waals surface area contributed by atoms with Gasteiger partial charge < -0.3 is 10.6 Å². The molecule has 2 heterocycles. The molecule has 0 radical (unpaired) electrons. The molecule has 0 saturated carbocycles. The maximum Gasteiger partial charge on any atom is 0.416 e. The molecule has 2 aliphatic rings. The van der Waals surface area contributed by atoms with E-state index in [0.717, 1.165) is 34.9 Å². The number of anilines is 2. The van der Waals surface area contributed by atoms with E-state index in [9.17, 15) is 37.1 Å². The Morgan fingerprint density at radius 2 is 1.78 bits per heavy atom. The Morgan fingerprint density at radius 1 is 1.05 bits per heavy atom. The number of rotatable bonds is 7. The first kappa shape index (κ1) is 25.9. The van der Waals surface area contributed by atoms with Gasteiger partial charge in [0.05, 0.1) is 11.3 Å². The largest absolute Gasteiger partial charge is 0.416 e. The van der Waals surface area contributed by atoms with Crippen molar-refractivity contribution in [3.8, 4) is 0 Å². The number of halogens is 3. The van der Waals surface area contributed by atoms with Gasteiger partial charge >= 0.3 is 6.18 Å². The summed E-state index contributed by atoms with van der Waals surface area (Å²) in [6, 6.07) is 9.82. The zero-order chi connectivity index (χ0) is 26.7. The van der Waals surface area contributed by atoms with E-state index in [1.807, 2.05) is 0 Å². The van der Waals surface area contributed by atoms with Crippen molar-refractivity contribution in [3.63, 3.8) is 0 Å². The fourth-order valence-electron chi connectivity index (χ4n) is 3.74. The maximum absolute atomic E-state index is 12.9. The van der Waals surface area contributed by atoms with Crippen molar-refractivity contribution in [2.75, 3.05) is 16.4 Å². The Kier molecular flexibility index (Phi) is 7.34. The van der Waals surface area contributed by atoms with E-state index in [1.165, 1.54) is 12.1 Å². The van der Waals surface area contributed by atoms with Crippen LogP contribution in [0.4, 0.5) is 24.5 Å². The van der Waals surface area contributed by atoms with Crippen molar-refractivity contribution in [1.82, 2.24) is 10.2 Å². The van der Waals surface area contributed by atoms with Crippen molar-refractivity contribution in [2.24, 2.45) is 0 Å². The second kappa shape index (κ2) is 10.5. The molecule has 192 valence electrons. The topological polar surface area (TPSA) is 125 Å². The predicted molar refractivity (Wildman–Crippen MR) is 127 cm³/mol. The molecular formula is C24H19F3N4O5S. The number of hydrogen-bond acceptors (Lipinski definition) is 7. The van der Waals surface area contributed by atoms with Crippen LogP contribution in [0.1, 0.15) is 18.4 Å². The average Bonchev–Trinajstić information content (AvgIpc) is 3.10. The van der Waals surface area contributed by atoms with Crippen molar-refractivity contribution < 1.29 is 37.1 Å². The highest BCUT2D eigenvalue weighted by Crippen LogP contribution is 2.31. The Morgan fingerprint density at radius 3 is 2.51 bits per heavy atom. The lowest BCUT2D eigenvalue weighted by Gasteiger charge is -2.28. The summed E-state index contributed by atoms with van der Waals surface area (Å²) in [5, 5.41) is 7.37. The van der Waals surface area contributed by atoms with Gasteiger partial charge in [-0.05, 0) is 42.8 Å². The van der Waals surface area contributed by atoms with Crippen molar-refractivity contribution >= 4 is 52.7 Å². The normalized spacial score (nSPS) is 18.0. The van der Waals surface area contributed by atoms with Gasteiger partial charge in [-0.25, -0.2) is 0 Å². The molecule has 37 heavy (non-hydrogen) atoms. The molecule has 1 atom stereocenters. The molecule has 0 aromatic heterocycles. The van der Waals surface area contributed by atoms with Crippen LogP contribution >= 0.6 is 11.8 Å². The minimum atomic E-state index is -4.53. The molecular weight excluding hydrogens is 513 g/mol. The highest BCUT2D eigenvalue weighted by molar-refractivity contribution is 8.00. The number of imide groups is 2. The van der Waals surface area contributed by atoms with Crippen LogP contribution in [0, 0.1) is 0 Å². The van der Waals surface area contributed by atoms with E-state index in [-0.39, 0.29) is 30.0 Å². The van der Waals surface area contributed by atoms with Gasteiger partial charge in [0.1, 0.15) is 11.7 Å².